The minimum Gasteiger partial charge on any atom is -0.394 e. The van der Waals surface area contributed by atoms with Crippen LogP contribution in [0.1, 0.15) is 10.4 Å². The number of carbonyl (C=O) groups excluding carboxylic acids is 1. The minimum atomic E-state index is -0.147. The maximum absolute atomic E-state index is 10.5. The van der Waals surface area contributed by atoms with Gasteiger partial charge in [0.1, 0.15) is 19.5 Å². The molecule has 0 bridgehead atoms. The summed E-state index contributed by atoms with van der Waals surface area (Å²) in [6.07, 6.45) is 0.733. The smallest absolute Gasteiger partial charge is 0.150 e. The van der Waals surface area contributed by atoms with E-state index in [9.17, 15) is 4.79 Å². The fourth-order valence-electron chi connectivity index (χ4n) is 1.11. The van der Waals surface area contributed by atoms with E-state index in [0.29, 0.717) is 11.3 Å². The predicted molar refractivity (Wildman–Crippen MR) is 60.4 cm³/mol. The molecule has 0 aliphatic rings. The molecule has 1 rings (SSSR count). The van der Waals surface area contributed by atoms with Gasteiger partial charge in [-0.2, -0.15) is 0 Å². The van der Waals surface area contributed by atoms with Crippen LogP contribution in [0.2, 0.25) is 0 Å². The highest BCUT2D eigenvalue weighted by Gasteiger charge is 2.07. The molecule has 0 heterocycles. The number of hydrogen-bond donors (Lipinski definition) is 2. The first-order valence-corrected chi connectivity index (χ1v) is 5.14. The lowest BCUT2D eigenvalue weighted by Gasteiger charge is -2.21. The Morgan fingerprint density at radius 2 is 1.59 bits per heavy atom. The van der Waals surface area contributed by atoms with Crippen LogP contribution in [0.15, 0.2) is 24.3 Å². The number of aliphatic hydroxyl groups is 2. The van der Waals surface area contributed by atoms with Crippen molar-refractivity contribution in [1.29, 1.82) is 0 Å². The van der Waals surface area contributed by atoms with Gasteiger partial charge in [0, 0.05) is 5.56 Å². The third kappa shape index (κ3) is 4.49. The summed E-state index contributed by atoms with van der Waals surface area (Å²) >= 11 is 0. The minimum absolute atomic E-state index is 0.0703. The predicted octanol–water partition coefficient (Wildman–Crippen LogP) is 0.153. The van der Waals surface area contributed by atoms with Gasteiger partial charge in [-0.25, -0.2) is 9.68 Å². The van der Waals surface area contributed by atoms with E-state index in [1.807, 2.05) is 0 Å². The van der Waals surface area contributed by atoms with Gasteiger partial charge in [-0.1, -0.05) is 0 Å². The summed E-state index contributed by atoms with van der Waals surface area (Å²) in [7, 11) is 0. The number of anilines is 1. The zero-order valence-electron chi connectivity index (χ0n) is 9.28. The molecule has 6 heteroatoms. The Morgan fingerprint density at radius 1 is 1.06 bits per heavy atom. The Bertz CT molecular complexity index is 319. The maximum Gasteiger partial charge on any atom is 0.150 e. The third-order valence-electron chi connectivity index (χ3n) is 1.84. The SMILES string of the molecule is O=Cc1ccc(N(OCCO)OCCO)cc1. The van der Waals surface area contributed by atoms with Crippen LogP contribution in [0, 0.1) is 0 Å². The van der Waals surface area contributed by atoms with E-state index in [2.05, 4.69) is 0 Å². The zero-order valence-corrected chi connectivity index (χ0v) is 9.28. The first kappa shape index (κ1) is 13.6. The average molecular weight is 241 g/mol. The summed E-state index contributed by atoms with van der Waals surface area (Å²) in [5, 5.41) is 18.4. The zero-order chi connectivity index (χ0) is 12.5. The van der Waals surface area contributed by atoms with E-state index in [0.717, 1.165) is 11.5 Å². The van der Waals surface area contributed by atoms with Crippen molar-refractivity contribution < 1.29 is 24.7 Å². The fourth-order valence-corrected chi connectivity index (χ4v) is 1.11. The van der Waals surface area contributed by atoms with Crippen molar-refractivity contribution in [3.05, 3.63) is 29.8 Å². The number of benzene rings is 1. The maximum atomic E-state index is 10.5. The van der Waals surface area contributed by atoms with Crippen LogP contribution in [0.3, 0.4) is 0 Å². The second kappa shape index (κ2) is 7.75. The van der Waals surface area contributed by atoms with E-state index in [1.165, 1.54) is 0 Å². The Hall–Kier alpha value is -1.47. The first-order valence-electron chi connectivity index (χ1n) is 5.14. The summed E-state index contributed by atoms with van der Waals surface area (Å²) < 4.78 is 0. The molecule has 0 atom stereocenters. The monoisotopic (exact) mass is 241 g/mol. The molecule has 0 unspecified atom stereocenters. The van der Waals surface area contributed by atoms with E-state index in [4.69, 9.17) is 19.9 Å². The number of aliphatic hydroxyl groups excluding tert-OH is 2. The van der Waals surface area contributed by atoms with Crippen LogP contribution in [-0.2, 0) is 9.68 Å². The van der Waals surface area contributed by atoms with Crippen LogP contribution in [0.5, 0.6) is 0 Å². The van der Waals surface area contributed by atoms with Crippen molar-refractivity contribution in [2.45, 2.75) is 0 Å². The second-order valence-electron chi connectivity index (χ2n) is 3.08. The lowest BCUT2D eigenvalue weighted by molar-refractivity contribution is -0.103. The van der Waals surface area contributed by atoms with Crippen molar-refractivity contribution in [3.63, 3.8) is 0 Å². The normalized spacial score (nSPS) is 10.2. The molecule has 6 nitrogen and oxygen atoms in total. The Balaban J connectivity index is 2.68. The fraction of sp³-hybridized carbons (Fsp3) is 0.364. The van der Waals surface area contributed by atoms with Crippen molar-refractivity contribution in [1.82, 2.24) is 0 Å². The van der Waals surface area contributed by atoms with Gasteiger partial charge < -0.3 is 10.2 Å². The summed E-state index contributed by atoms with van der Waals surface area (Å²) in [6, 6.07) is 6.50. The number of nitrogens with zero attached hydrogens (tertiary/aromatic N) is 1. The summed E-state index contributed by atoms with van der Waals surface area (Å²) in [6.45, 7) is -0.154. The quantitative estimate of drug-likeness (QED) is 0.498. The highest BCUT2D eigenvalue weighted by molar-refractivity contribution is 5.75. The molecule has 0 amide bonds. The molecule has 0 radical (unpaired) electrons. The van der Waals surface area contributed by atoms with Crippen LogP contribution < -0.4 is 5.23 Å². The number of carbonyl (C=O) groups is 1. The Kier molecular flexibility index (Phi) is 6.19. The molecule has 0 fully saturated rings. The molecule has 1 aromatic rings. The van der Waals surface area contributed by atoms with Gasteiger partial charge in [-0.15, -0.1) is 5.23 Å². The lowest BCUT2D eigenvalue weighted by Crippen LogP contribution is -2.27. The molecule has 17 heavy (non-hydrogen) atoms. The highest BCUT2D eigenvalue weighted by atomic mass is 16.9. The van der Waals surface area contributed by atoms with Crippen molar-refractivity contribution >= 4 is 12.0 Å². The molecule has 0 saturated heterocycles. The van der Waals surface area contributed by atoms with Gasteiger partial charge in [-0.05, 0) is 24.3 Å². The van der Waals surface area contributed by atoms with Crippen molar-refractivity contribution in [2.24, 2.45) is 0 Å². The van der Waals surface area contributed by atoms with E-state index < -0.39 is 0 Å². The number of aldehydes is 1. The van der Waals surface area contributed by atoms with E-state index >= 15 is 0 Å². The molecule has 0 spiro atoms. The van der Waals surface area contributed by atoms with Crippen LogP contribution in [0.4, 0.5) is 5.69 Å². The van der Waals surface area contributed by atoms with Crippen molar-refractivity contribution in [2.75, 3.05) is 31.7 Å². The molecular formula is C11H15NO5. The van der Waals surface area contributed by atoms with Gasteiger partial charge in [0.2, 0.25) is 0 Å². The highest BCUT2D eigenvalue weighted by Crippen LogP contribution is 2.15. The molecule has 2 N–H and O–H groups in total. The molecule has 0 aromatic heterocycles. The lowest BCUT2D eigenvalue weighted by atomic mass is 10.2. The molecule has 1 aromatic carbocycles. The first-order chi connectivity index (χ1) is 8.31. The van der Waals surface area contributed by atoms with Gasteiger partial charge in [0.05, 0.1) is 18.9 Å². The number of rotatable bonds is 8. The molecular weight excluding hydrogens is 226 g/mol. The van der Waals surface area contributed by atoms with Crippen LogP contribution in [-0.4, -0.2) is 42.9 Å². The molecule has 0 aliphatic heterocycles. The average Bonchev–Trinajstić information content (AvgIpc) is 2.39. The summed E-state index contributed by atoms with van der Waals surface area (Å²) in [5.74, 6) is 0. The van der Waals surface area contributed by atoms with Gasteiger partial charge in [-0.3, -0.25) is 4.79 Å². The standard InChI is InChI=1S/C11H15NO5/c13-5-7-16-12(17-8-6-14)11-3-1-10(9-15)2-4-11/h1-4,9,13-14H,5-8H2. The molecule has 94 valence electrons. The van der Waals surface area contributed by atoms with E-state index in [-0.39, 0.29) is 26.4 Å². The second-order valence-corrected chi connectivity index (χ2v) is 3.08. The van der Waals surface area contributed by atoms with Crippen molar-refractivity contribution in [3.8, 4) is 0 Å². The summed E-state index contributed by atoms with van der Waals surface area (Å²) in [5.41, 5.74) is 1.11. The van der Waals surface area contributed by atoms with Gasteiger partial charge in [0.25, 0.3) is 0 Å². The topological polar surface area (TPSA) is 79.2 Å². The summed E-state index contributed by atoms with van der Waals surface area (Å²) in [4.78, 5) is 20.7. The molecule has 0 aliphatic carbocycles. The number of hydrogen-bond acceptors (Lipinski definition) is 6. The van der Waals surface area contributed by atoms with Gasteiger partial charge in [0.15, 0.2) is 0 Å². The molecule has 0 saturated carbocycles. The third-order valence-corrected chi connectivity index (χ3v) is 1.84. The van der Waals surface area contributed by atoms with Gasteiger partial charge >= 0.3 is 0 Å². The van der Waals surface area contributed by atoms with Crippen LogP contribution >= 0.6 is 0 Å². The van der Waals surface area contributed by atoms with Crippen LogP contribution in [0.25, 0.3) is 0 Å². The van der Waals surface area contributed by atoms with E-state index in [1.54, 1.807) is 24.3 Å². The largest absolute Gasteiger partial charge is 0.394 e. The Morgan fingerprint density at radius 3 is 2.00 bits per heavy atom. The Labute approximate surface area is 98.9 Å².